The third-order valence-corrected chi connectivity index (χ3v) is 5.64. The number of thioether (sulfide) groups is 1. The molecule has 0 saturated carbocycles. The first kappa shape index (κ1) is 16.3. The predicted octanol–water partition coefficient (Wildman–Crippen LogP) is 4.49. The molecule has 0 atom stereocenters. The molecule has 128 valence electrons. The Kier molecular flexibility index (Phi) is 4.79. The summed E-state index contributed by atoms with van der Waals surface area (Å²) in [5, 5.41) is 0. The van der Waals surface area contributed by atoms with Gasteiger partial charge in [-0.2, -0.15) is 0 Å². The molecule has 0 N–H and O–H groups in total. The molecule has 0 aromatic heterocycles. The average molecular weight is 351 g/mol. The van der Waals surface area contributed by atoms with Gasteiger partial charge in [0.2, 0.25) is 0 Å². The number of hydrogen-bond donors (Lipinski definition) is 0. The molecule has 0 radical (unpaired) electrons. The van der Waals surface area contributed by atoms with Crippen LogP contribution in [0.2, 0.25) is 0 Å². The van der Waals surface area contributed by atoms with Crippen molar-refractivity contribution >= 4 is 23.1 Å². The quantitative estimate of drug-likeness (QED) is 0.742. The van der Waals surface area contributed by atoms with Crippen LogP contribution in [0.15, 0.2) is 59.6 Å². The number of carbonyl (C=O) groups excluding carboxylic acids is 1. The van der Waals surface area contributed by atoms with Crippen molar-refractivity contribution in [3.63, 3.8) is 0 Å². The molecule has 0 saturated heterocycles. The van der Waals surface area contributed by atoms with Crippen LogP contribution in [-0.2, 0) is 0 Å². The van der Waals surface area contributed by atoms with Crippen molar-refractivity contribution in [2.24, 2.45) is 0 Å². The van der Waals surface area contributed by atoms with Crippen LogP contribution in [0.4, 0.5) is 0 Å². The summed E-state index contributed by atoms with van der Waals surface area (Å²) in [5.41, 5.74) is 3.43. The Labute approximate surface area is 152 Å². The molecule has 0 bridgehead atoms. The third kappa shape index (κ3) is 3.74. The number of ketones is 1. The minimum absolute atomic E-state index is 0.204. The molecule has 4 rings (SSSR count). The van der Waals surface area contributed by atoms with Gasteiger partial charge in [0, 0.05) is 37.0 Å². The van der Waals surface area contributed by atoms with Crippen molar-refractivity contribution in [2.45, 2.75) is 17.7 Å². The van der Waals surface area contributed by atoms with Crippen molar-refractivity contribution in [1.29, 1.82) is 0 Å². The van der Waals surface area contributed by atoms with Crippen molar-refractivity contribution in [1.82, 2.24) is 4.90 Å². The molecule has 0 spiro atoms. The van der Waals surface area contributed by atoms with Gasteiger partial charge in [0.1, 0.15) is 5.75 Å². The molecule has 2 aliphatic heterocycles. The van der Waals surface area contributed by atoms with Crippen LogP contribution in [0.5, 0.6) is 5.75 Å². The molecule has 2 aliphatic rings. The SMILES string of the molecule is O=C(CCN1C=C(c2ccccc2)CC1)c1ccc2c(c1)SCCO2. The number of Topliss-reactive ketones (excluding diaryl/α,β-unsaturated/α-hetero) is 1. The number of benzene rings is 2. The standard InChI is InChI=1S/C21H21NO2S/c23-19(17-6-7-20-21(14-17)25-13-12-24-20)9-11-22-10-8-18(15-22)16-4-2-1-3-5-16/h1-7,14-15H,8-13H2. The van der Waals surface area contributed by atoms with Gasteiger partial charge in [-0.25, -0.2) is 0 Å². The predicted molar refractivity (Wildman–Crippen MR) is 102 cm³/mol. The maximum atomic E-state index is 12.5. The van der Waals surface area contributed by atoms with Gasteiger partial charge in [0.25, 0.3) is 0 Å². The zero-order chi connectivity index (χ0) is 17.1. The van der Waals surface area contributed by atoms with E-state index in [4.69, 9.17) is 4.74 Å². The summed E-state index contributed by atoms with van der Waals surface area (Å²) in [6.45, 7) is 2.51. The van der Waals surface area contributed by atoms with Gasteiger partial charge in [-0.3, -0.25) is 4.79 Å². The van der Waals surface area contributed by atoms with E-state index in [-0.39, 0.29) is 5.78 Å². The average Bonchev–Trinajstić information content (AvgIpc) is 3.15. The molecule has 2 aromatic carbocycles. The highest BCUT2D eigenvalue weighted by molar-refractivity contribution is 7.99. The van der Waals surface area contributed by atoms with E-state index in [1.807, 2.05) is 24.3 Å². The topological polar surface area (TPSA) is 29.5 Å². The Morgan fingerprint density at radius 3 is 2.92 bits per heavy atom. The third-order valence-electron chi connectivity index (χ3n) is 4.64. The van der Waals surface area contributed by atoms with Crippen molar-refractivity contribution < 1.29 is 9.53 Å². The van der Waals surface area contributed by atoms with Crippen LogP contribution in [0.1, 0.15) is 28.8 Å². The van der Waals surface area contributed by atoms with Gasteiger partial charge >= 0.3 is 0 Å². The fourth-order valence-electron chi connectivity index (χ4n) is 3.27. The van der Waals surface area contributed by atoms with Gasteiger partial charge in [0.05, 0.1) is 11.5 Å². The summed E-state index contributed by atoms with van der Waals surface area (Å²) in [6, 6.07) is 16.3. The highest BCUT2D eigenvalue weighted by atomic mass is 32.2. The molecule has 0 aliphatic carbocycles. The van der Waals surface area contributed by atoms with Crippen LogP contribution < -0.4 is 4.74 Å². The molecule has 0 amide bonds. The van der Waals surface area contributed by atoms with Crippen LogP contribution in [0, 0.1) is 0 Å². The number of nitrogens with zero attached hydrogens (tertiary/aromatic N) is 1. The van der Waals surface area contributed by atoms with E-state index in [1.54, 1.807) is 11.8 Å². The lowest BCUT2D eigenvalue weighted by atomic mass is 10.1. The zero-order valence-corrected chi connectivity index (χ0v) is 14.9. The second kappa shape index (κ2) is 7.36. The summed E-state index contributed by atoms with van der Waals surface area (Å²) in [7, 11) is 0. The van der Waals surface area contributed by atoms with Gasteiger partial charge in [-0.1, -0.05) is 30.3 Å². The number of hydrogen-bond acceptors (Lipinski definition) is 4. The Hall–Kier alpha value is -2.20. The molecule has 0 fully saturated rings. The summed E-state index contributed by atoms with van der Waals surface area (Å²) in [5.74, 6) is 2.06. The van der Waals surface area contributed by atoms with Gasteiger partial charge < -0.3 is 9.64 Å². The minimum Gasteiger partial charge on any atom is -0.492 e. The first-order chi connectivity index (χ1) is 12.3. The lowest BCUT2D eigenvalue weighted by Crippen LogP contribution is -2.18. The second-order valence-corrected chi connectivity index (χ2v) is 7.47. The Balaban J connectivity index is 1.37. The van der Waals surface area contributed by atoms with E-state index >= 15 is 0 Å². The van der Waals surface area contributed by atoms with E-state index < -0.39 is 0 Å². The van der Waals surface area contributed by atoms with E-state index in [9.17, 15) is 4.79 Å². The highest BCUT2D eigenvalue weighted by Crippen LogP contribution is 2.34. The first-order valence-corrected chi connectivity index (χ1v) is 9.71. The van der Waals surface area contributed by atoms with Crippen LogP contribution >= 0.6 is 11.8 Å². The highest BCUT2D eigenvalue weighted by Gasteiger charge is 2.17. The van der Waals surface area contributed by atoms with Gasteiger partial charge in [-0.05, 0) is 35.8 Å². The van der Waals surface area contributed by atoms with E-state index in [0.717, 1.165) is 48.1 Å². The normalized spacial score (nSPS) is 16.2. The fraction of sp³-hybridized carbons (Fsp3) is 0.286. The molecule has 2 heterocycles. The molecular weight excluding hydrogens is 330 g/mol. The second-order valence-electron chi connectivity index (χ2n) is 6.34. The molecule has 0 unspecified atom stereocenters. The summed E-state index contributed by atoms with van der Waals surface area (Å²) < 4.78 is 5.61. The van der Waals surface area contributed by atoms with E-state index in [1.165, 1.54) is 11.1 Å². The van der Waals surface area contributed by atoms with Gasteiger partial charge in [-0.15, -0.1) is 11.8 Å². The molecule has 4 heteroatoms. The summed E-state index contributed by atoms with van der Waals surface area (Å²) >= 11 is 1.76. The van der Waals surface area contributed by atoms with E-state index in [2.05, 4.69) is 35.4 Å². The van der Waals surface area contributed by atoms with Crippen molar-refractivity contribution in [3.8, 4) is 5.75 Å². The first-order valence-electron chi connectivity index (χ1n) is 8.72. The molecule has 3 nitrogen and oxygen atoms in total. The number of rotatable bonds is 5. The Morgan fingerprint density at radius 2 is 2.04 bits per heavy atom. The maximum absolute atomic E-state index is 12.5. The van der Waals surface area contributed by atoms with Crippen LogP contribution in [0.3, 0.4) is 0 Å². The summed E-state index contributed by atoms with van der Waals surface area (Å²) in [4.78, 5) is 15.9. The molecule has 2 aromatic rings. The molecule has 25 heavy (non-hydrogen) atoms. The summed E-state index contributed by atoms with van der Waals surface area (Å²) in [6.07, 6.45) is 3.80. The van der Waals surface area contributed by atoms with Crippen molar-refractivity contribution in [3.05, 3.63) is 65.9 Å². The molecular formula is C21H21NO2S. The van der Waals surface area contributed by atoms with Crippen LogP contribution in [0.25, 0.3) is 5.57 Å². The monoisotopic (exact) mass is 351 g/mol. The lowest BCUT2D eigenvalue weighted by molar-refractivity contribution is 0.0973. The zero-order valence-electron chi connectivity index (χ0n) is 14.1. The Bertz CT molecular complexity index is 801. The van der Waals surface area contributed by atoms with E-state index in [0.29, 0.717) is 6.42 Å². The Morgan fingerprint density at radius 1 is 1.16 bits per heavy atom. The van der Waals surface area contributed by atoms with Crippen LogP contribution in [-0.4, -0.2) is 36.1 Å². The van der Waals surface area contributed by atoms with Gasteiger partial charge in [0.15, 0.2) is 5.78 Å². The maximum Gasteiger partial charge on any atom is 0.164 e. The number of carbonyl (C=O) groups is 1. The number of fused-ring (bicyclic) bond motifs is 1. The lowest BCUT2D eigenvalue weighted by Gasteiger charge is -2.18. The number of ether oxygens (including phenoxy) is 1. The minimum atomic E-state index is 0.204. The van der Waals surface area contributed by atoms with Crippen molar-refractivity contribution in [2.75, 3.05) is 25.4 Å². The smallest absolute Gasteiger partial charge is 0.164 e. The largest absolute Gasteiger partial charge is 0.492 e. The fourth-order valence-corrected chi connectivity index (χ4v) is 4.13.